The molecule has 1 amide bonds. The fraction of sp³-hybridized carbons (Fsp3) is 0.261. The van der Waals surface area contributed by atoms with Crippen LogP contribution in [-0.2, 0) is 9.53 Å². The third-order valence-corrected chi connectivity index (χ3v) is 5.33. The van der Waals surface area contributed by atoms with Crippen molar-refractivity contribution in [2.75, 3.05) is 18.5 Å². The van der Waals surface area contributed by atoms with E-state index >= 15 is 0 Å². The number of carbonyl (C=O) groups is 2. The number of anilines is 1. The van der Waals surface area contributed by atoms with E-state index in [0.717, 1.165) is 11.3 Å². The van der Waals surface area contributed by atoms with Gasteiger partial charge < -0.3 is 20.3 Å². The van der Waals surface area contributed by atoms with Gasteiger partial charge in [-0.2, -0.15) is 0 Å². The molecule has 0 fully saturated rings. The molecule has 0 saturated heterocycles. The predicted molar refractivity (Wildman–Crippen MR) is 121 cm³/mol. The minimum Gasteiger partial charge on any atom is -0.463 e. The van der Waals surface area contributed by atoms with Crippen molar-refractivity contribution in [1.29, 1.82) is 0 Å². The van der Waals surface area contributed by atoms with E-state index in [4.69, 9.17) is 17.0 Å². The number of thiocarbonyl (C=S) groups is 1. The lowest BCUT2D eigenvalue weighted by molar-refractivity contribution is -0.139. The van der Waals surface area contributed by atoms with Crippen molar-refractivity contribution in [3.63, 3.8) is 0 Å². The first kappa shape index (κ1) is 22.4. The highest BCUT2D eigenvalue weighted by Gasteiger charge is 2.34. The zero-order valence-electron chi connectivity index (χ0n) is 17.6. The van der Waals surface area contributed by atoms with Crippen molar-refractivity contribution in [2.45, 2.75) is 26.8 Å². The Hall–Kier alpha value is -3.26. The Balaban J connectivity index is 1.86. The standard InChI is InChI=1S/C23H24FN3O3S/c1-4-27-14(3)19(22(29)30-5-2)20(26-23(27)31)15-9-11-18(12-10-15)25-21(28)16-7-6-8-17(24)13-16/h6-13,20H,4-5H2,1-3H3,(H,25,28)(H,26,31). The number of hydrogen-bond acceptors (Lipinski definition) is 4. The average molecular weight is 442 g/mol. The summed E-state index contributed by atoms with van der Waals surface area (Å²) in [7, 11) is 0. The number of amides is 1. The van der Waals surface area contributed by atoms with Crippen molar-refractivity contribution in [3.8, 4) is 0 Å². The normalized spacial score (nSPS) is 16.1. The maximum atomic E-state index is 13.4. The van der Waals surface area contributed by atoms with Crippen molar-refractivity contribution in [2.24, 2.45) is 0 Å². The largest absolute Gasteiger partial charge is 0.463 e. The van der Waals surface area contributed by atoms with E-state index in [0.29, 0.717) is 22.9 Å². The Morgan fingerprint density at radius 2 is 1.90 bits per heavy atom. The summed E-state index contributed by atoms with van der Waals surface area (Å²) in [5, 5.41) is 6.48. The van der Waals surface area contributed by atoms with Gasteiger partial charge in [0, 0.05) is 23.5 Å². The molecule has 1 atom stereocenters. The smallest absolute Gasteiger partial charge is 0.338 e. The zero-order chi connectivity index (χ0) is 22.5. The van der Waals surface area contributed by atoms with Gasteiger partial charge in [0.05, 0.1) is 18.2 Å². The molecule has 3 rings (SSSR count). The Labute approximate surface area is 186 Å². The van der Waals surface area contributed by atoms with Crippen molar-refractivity contribution >= 4 is 34.9 Å². The number of nitrogens with zero attached hydrogens (tertiary/aromatic N) is 1. The van der Waals surface area contributed by atoms with E-state index < -0.39 is 23.7 Å². The van der Waals surface area contributed by atoms with Crippen LogP contribution in [-0.4, -0.2) is 35.0 Å². The monoisotopic (exact) mass is 441 g/mol. The van der Waals surface area contributed by atoms with Crippen LogP contribution < -0.4 is 10.6 Å². The zero-order valence-corrected chi connectivity index (χ0v) is 18.4. The highest BCUT2D eigenvalue weighted by Crippen LogP contribution is 2.32. The van der Waals surface area contributed by atoms with Gasteiger partial charge in [-0.25, -0.2) is 9.18 Å². The first-order valence-corrected chi connectivity index (χ1v) is 10.4. The van der Waals surface area contributed by atoms with Gasteiger partial charge in [0.1, 0.15) is 5.82 Å². The third kappa shape index (κ3) is 4.91. The van der Waals surface area contributed by atoms with E-state index in [9.17, 15) is 14.0 Å². The minimum absolute atomic E-state index is 0.228. The molecule has 0 aliphatic carbocycles. The summed E-state index contributed by atoms with van der Waals surface area (Å²) in [6.07, 6.45) is 0. The number of hydrogen-bond donors (Lipinski definition) is 2. The van der Waals surface area contributed by atoms with Gasteiger partial charge in [-0.15, -0.1) is 0 Å². The Kier molecular flexibility index (Phi) is 7.02. The number of halogens is 1. The number of rotatable bonds is 6. The molecule has 1 aliphatic heterocycles. The average Bonchev–Trinajstić information content (AvgIpc) is 2.74. The molecule has 8 heteroatoms. The molecule has 0 saturated carbocycles. The van der Waals surface area contributed by atoms with Crippen LogP contribution in [0.5, 0.6) is 0 Å². The molecule has 0 spiro atoms. The first-order chi connectivity index (χ1) is 14.8. The lowest BCUT2D eigenvalue weighted by Gasteiger charge is -2.37. The van der Waals surface area contributed by atoms with Gasteiger partial charge >= 0.3 is 5.97 Å². The summed E-state index contributed by atoms with van der Waals surface area (Å²) < 4.78 is 18.6. The SMILES string of the molecule is CCOC(=O)C1=C(C)N(CC)C(=S)NC1c1ccc(NC(=O)c2cccc(F)c2)cc1. The summed E-state index contributed by atoms with van der Waals surface area (Å²) in [4.78, 5) is 26.9. The molecule has 0 aromatic heterocycles. The molecular weight excluding hydrogens is 417 g/mol. The number of ether oxygens (including phenoxy) is 1. The van der Waals surface area contributed by atoms with Crippen molar-refractivity contribution in [1.82, 2.24) is 10.2 Å². The van der Waals surface area contributed by atoms with Crippen LogP contribution in [0.15, 0.2) is 59.8 Å². The second kappa shape index (κ2) is 9.70. The van der Waals surface area contributed by atoms with Gasteiger partial charge in [-0.05, 0) is 68.9 Å². The maximum Gasteiger partial charge on any atom is 0.338 e. The lowest BCUT2D eigenvalue weighted by atomic mass is 9.95. The summed E-state index contributed by atoms with van der Waals surface area (Å²) in [5.41, 5.74) is 2.81. The highest BCUT2D eigenvalue weighted by molar-refractivity contribution is 7.80. The Bertz CT molecular complexity index is 1040. The highest BCUT2D eigenvalue weighted by atomic mass is 32.1. The van der Waals surface area contributed by atoms with Crippen molar-refractivity contribution < 1.29 is 18.7 Å². The fourth-order valence-electron chi connectivity index (χ4n) is 3.48. The molecule has 6 nitrogen and oxygen atoms in total. The summed E-state index contributed by atoms with van der Waals surface area (Å²) in [6.45, 7) is 6.46. The quantitative estimate of drug-likeness (QED) is 0.518. The van der Waals surface area contributed by atoms with E-state index in [-0.39, 0.29) is 12.2 Å². The van der Waals surface area contributed by atoms with Gasteiger partial charge in [-0.1, -0.05) is 18.2 Å². The van der Waals surface area contributed by atoms with Crippen molar-refractivity contribution in [3.05, 3.63) is 76.7 Å². The topological polar surface area (TPSA) is 70.7 Å². The van der Waals surface area contributed by atoms with E-state index in [1.165, 1.54) is 18.2 Å². The van der Waals surface area contributed by atoms with Gasteiger partial charge in [0.15, 0.2) is 5.11 Å². The summed E-state index contributed by atoms with van der Waals surface area (Å²) in [6, 6.07) is 12.1. The van der Waals surface area contributed by atoms with E-state index in [1.54, 1.807) is 37.3 Å². The number of benzene rings is 2. The molecule has 2 aromatic rings. The molecule has 0 radical (unpaired) electrons. The summed E-state index contributed by atoms with van der Waals surface area (Å²) in [5.74, 6) is -1.29. The Morgan fingerprint density at radius 1 is 1.19 bits per heavy atom. The minimum atomic E-state index is -0.475. The van der Waals surface area contributed by atoms with Crippen LogP contribution in [0.3, 0.4) is 0 Å². The lowest BCUT2D eigenvalue weighted by Crippen LogP contribution is -2.47. The molecule has 1 aliphatic rings. The molecule has 0 bridgehead atoms. The molecule has 2 aromatic carbocycles. The fourth-order valence-corrected chi connectivity index (χ4v) is 3.86. The third-order valence-electron chi connectivity index (χ3n) is 5.00. The van der Waals surface area contributed by atoms with Crippen LogP contribution in [0.1, 0.15) is 42.7 Å². The number of carbonyl (C=O) groups excluding carboxylic acids is 2. The number of allylic oxidation sites excluding steroid dienone is 1. The number of esters is 1. The molecule has 1 heterocycles. The second-order valence-corrected chi connectivity index (χ2v) is 7.32. The molecular formula is C23H24FN3O3S. The molecule has 31 heavy (non-hydrogen) atoms. The second-order valence-electron chi connectivity index (χ2n) is 6.93. The predicted octanol–water partition coefficient (Wildman–Crippen LogP) is 4.17. The van der Waals surface area contributed by atoms with Gasteiger partial charge in [-0.3, -0.25) is 4.79 Å². The van der Waals surface area contributed by atoms with Crippen LogP contribution in [0.25, 0.3) is 0 Å². The maximum absolute atomic E-state index is 13.4. The van der Waals surface area contributed by atoms with Crippen LogP contribution in [0.2, 0.25) is 0 Å². The molecule has 2 N–H and O–H groups in total. The van der Waals surface area contributed by atoms with Gasteiger partial charge in [0.25, 0.3) is 5.91 Å². The van der Waals surface area contributed by atoms with E-state index in [2.05, 4.69) is 10.6 Å². The van der Waals surface area contributed by atoms with Gasteiger partial charge in [0.2, 0.25) is 0 Å². The summed E-state index contributed by atoms with van der Waals surface area (Å²) >= 11 is 5.47. The van der Waals surface area contributed by atoms with Crippen LogP contribution in [0, 0.1) is 5.82 Å². The van der Waals surface area contributed by atoms with Crippen LogP contribution >= 0.6 is 12.2 Å². The molecule has 1 unspecified atom stereocenters. The number of nitrogens with one attached hydrogen (secondary N) is 2. The van der Waals surface area contributed by atoms with E-state index in [1.807, 2.05) is 18.7 Å². The first-order valence-electron chi connectivity index (χ1n) is 9.98. The molecule has 162 valence electrons. The van der Waals surface area contributed by atoms with Crippen LogP contribution in [0.4, 0.5) is 10.1 Å². The Morgan fingerprint density at radius 3 is 2.52 bits per heavy atom.